The highest BCUT2D eigenvalue weighted by Crippen LogP contribution is 2.48. The molecule has 55 heavy (non-hydrogen) atoms. The summed E-state index contributed by atoms with van der Waals surface area (Å²) in [6.45, 7) is 2.18. The number of benzene rings is 11. The number of rotatable bonds is 4. The second kappa shape index (κ2) is 12.5. The summed E-state index contributed by atoms with van der Waals surface area (Å²) in [6.07, 6.45) is 0. The summed E-state index contributed by atoms with van der Waals surface area (Å²) >= 11 is 0. The Morgan fingerprint density at radius 2 is 0.564 bits per heavy atom. The quantitative estimate of drug-likeness (QED) is 0.161. The monoisotopic (exact) mass is 696 g/mol. The predicted molar refractivity (Wildman–Crippen MR) is 238 cm³/mol. The van der Waals surface area contributed by atoms with Gasteiger partial charge in [0.15, 0.2) is 0 Å². The predicted octanol–water partition coefficient (Wildman–Crippen LogP) is 15.6. The van der Waals surface area contributed by atoms with Crippen molar-refractivity contribution in [3.8, 4) is 44.5 Å². The molecule has 11 aromatic carbocycles. The minimum Gasteiger partial charge on any atom is -0.0616 e. The largest absolute Gasteiger partial charge is 0.0616 e. The van der Waals surface area contributed by atoms with E-state index in [9.17, 15) is 0 Å². The topological polar surface area (TPSA) is 0 Å². The fourth-order valence-electron chi connectivity index (χ4n) is 9.20. The van der Waals surface area contributed by atoms with E-state index in [1.54, 1.807) is 0 Å². The lowest BCUT2D eigenvalue weighted by Crippen LogP contribution is -1.94. The normalized spacial score (nSPS) is 11.7. The zero-order valence-electron chi connectivity index (χ0n) is 30.6. The van der Waals surface area contributed by atoms with Gasteiger partial charge in [0.1, 0.15) is 0 Å². The van der Waals surface area contributed by atoms with E-state index in [1.807, 2.05) is 0 Å². The minimum absolute atomic E-state index is 1.22. The van der Waals surface area contributed by atoms with Crippen LogP contribution in [0, 0.1) is 6.92 Å². The third-order valence-electron chi connectivity index (χ3n) is 11.6. The minimum atomic E-state index is 1.22. The molecular formula is C55H36. The molecule has 0 aliphatic carbocycles. The molecule has 0 aliphatic rings. The molecule has 0 aromatic heterocycles. The van der Waals surface area contributed by atoms with Gasteiger partial charge >= 0.3 is 0 Å². The molecule has 256 valence electrons. The van der Waals surface area contributed by atoms with Crippen LogP contribution in [0.2, 0.25) is 0 Å². The van der Waals surface area contributed by atoms with E-state index in [1.165, 1.54) is 115 Å². The lowest BCUT2D eigenvalue weighted by molar-refractivity contribution is 1.47. The van der Waals surface area contributed by atoms with Crippen molar-refractivity contribution in [1.82, 2.24) is 0 Å². The standard InChI is InChI=1S/C55H36/c1-35-13-12-18-40(31-35)52-44-19-6-8-21-46(44)54(47-22-9-7-20-45(47)52)43-29-30-50-51(34-43)55(42-28-26-37-15-3-5-17-39(37)33-42)49-24-11-10-23-48(49)53(50)41-27-25-36-14-2-4-16-38(36)32-41/h2-34H,1H3. The van der Waals surface area contributed by atoms with E-state index in [0.717, 1.165) is 0 Å². The molecule has 0 heteroatoms. The molecule has 0 N–H and O–H groups in total. The molecule has 11 aromatic rings. The summed E-state index contributed by atoms with van der Waals surface area (Å²) in [7, 11) is 0. The molecule has 0 fully saturated rings. The van der Waals surface area contributed by atoms with Gasteiger partial charge in [0.2, 0.25) is 0 Å². The Bertz CT molecular complexity index is 3270. The Balaban J connectivity index is 1.28. The van der Waals surface area contributed by atoms with Gasteiger partial charge in [-0.1, -0.05) is 188 Å². The third kappa shape index (κ3) is 5.07. The number of hydrogen-bond acceptors (Lipinski definition) is 0. The van der Waals surface area contributed by atoms with Gasteiger partial charge in [-0.2, -0.15) is 0 Å². The lowest BCUT2D eigenvalue weighted by Gasteiger charge is -2.21. The number of hydrogen-bond donors (Lipinski definition) is 0. The van der Waals surface area contributed by atoms with Crippen molar-refractivity contribution in [3.05, 3.63) is 206 Å². The van der Waals surface area contributed by atoms with E-state index in [4.69, 9.17) is 0 Å². The van der Waals surface area contributed by atoms with Crippen LogP contribution in [-0.2, 0) is 0 Å². The molecule has 11 rings (SSSR count). The summed E-state index contributed by atoms with van der Waals surface area (Å²) in [4.78, 5) is 0. The maximum absolute atomic E-state index is 2.48. The summed E-state index contributed by atoms with van der Waals surface area (Å²) in [5.41, 5.74) is 11.3. The van der Waals surface area contributed by atoms with Gasteiger partial charge in [-0.15, -0.1) is 0 Å². The molecule has 0 bridgehead atoms. The van der Waals surface area contributed by atoms with E-state index in [0.29, 0.717) is 0 Å². The highest BCUT2D eigenvalue weighted by molar-refractivity contribution is 6.25. The summed E-state index contributed by atoms with van der Waals surface area (Å²) in [5, 5.41) is 15.1. The second-order valence-electron chi connectivity index (χ2n) is 14.9. The van der Waals surface area contributed by atoms with Crippen LogP contribution in [0.3, 0.4) is 0 Å². The van der Waals surface area contributed by atoms with Crippen molar-refractivity contribution < 1.29 is 0 Å². The molecule has 0 amide bonds. The first kappa shape index (κ1) is 31.5. The van der Waals surface area contributed by atoms with Crippen LogP contribution in [-0.4, -0.2) is 0 Å². The van der Waals surface area contributed by atoms with Crippen LogP contribution < -0.4 is 0 Å². The van der Waals surface area contributed by atoms with E-state index < -0.39 is 0 Å². The average Bonchev–Trinajstić information content (AvgIpc) is 3.24. The van der Waals surface area contributed by atoms with E-state index in [-0.39, 0.29) is 0 Å². The molecule has 0 spiro atoms. The molecule has 0 saturated carbocycles. The first-order valence-electron chi connectivity index (χ1n) is 19.2. The Kier molecular flexibility index (Phi) is 7.19. The molecule has 0 saturated heterocycles. The Morgan fingerprint density at radius 1 is 0.218 bits per heavy atom. The van der Waals surface area contributed by atoms with Gasteiger partial charge < -0.3 is 0 Å². The van der Waals surface area contributed by atoms with Crippen molar-refractivity contribution >= 4 is 64.6 Å². The van der Waals surface area contributed by atoms with Crippen LogP contribution in [0.1, 0.15) is 5.56 Å². The zero-order chi connectivity index (χ0) is 36.5. The van der Waals surface area contributed by atoms with Crippen molar-refractivity contribution in [2.45, 2.75) is 6.92 Å². The fraction of sp³-hybridized carbons (Fsp3) is 0.0182. The SMILES string of the molecule is Cc1cccc(-c2c3ccccc3c(-c3ccc4c(-c5ccc6ccccc6c5)c5ccccc5c(-c5ccc6ccccc6c5)c4c3)c3ccccc23)c1. The maximum Gasteiger partial charge on any atom is -0.00259 e. The van der Waals surface area contributed by atoms with Crippen LogP contribution in [0.25, 0.3) is 109 Å². The Hall–Kier alpha value is -7.02. The highest BCUT2D eigenvalue weighted by Gasteiger charge is 2.21. The number of fused-ring (bicyclic) bond motifs is 6. The molecule has 0 nitrogen and oxygen atoms in total. The first-order chi connectivity index (χ1) is 27.2. The van der Waals surface area contributed by atoms with Crippen LogP contribution in [0.4, 0.5) is 0 Å². The summed E-state index contributed by atoms with van der Waals surface area (Å²) in [5.74, 6) is 0. The highest BCUT2D eigenvalue weighted by atomic mass is 14.2. The van der Waals surface area contributed by atoms with Gasteiger partial charge in [0.05, 0.1) is 0 Å². The Labute approximate surface area is 320 Å². The Morgan fingerprint density at radius 3 is 1.02 bits per heavy atom. The molecule has 0 unspecified atom stereocenters. The molecule has 0 radical (unpaired) electrons. The third-order valence-corrected chi connectivity index (χ3v) is 11.6. The van der Waals surface area contributed by atoms with Crippen molar-refractivity contribution in [3.63, 3.8) is 0 Å². The van der Waals surface area contributed by atoms with Crippen LogP contribution >= 0.6 is 0 Å². The fourth-order valence-corrected chi connectivity index (χ4v) is 9.20. The average molecular weight is 697 g/mol. The lowest BCUT2D eigenvalue weighted by atomic mass is 9.82. The molecule has 0 atom stereocenters. The van der Waals surface area contributed by atoms with Crippen LogP contribution in [0.15, 0.2) is 200 Å². The zero-order valence-corrected chi connectivity index (χ0v) is 30.6. The summed E-state index contributed by atoms with van der Waals surface area (Å²) < 4.78 is 0. The van der Waals surface area contributed by atoms with Crippen molar-refractivity contribution in [2.24, 2.45) is 0 Å². The van der Waals surface area contributed by atoms with Crippen molar-refractivity contribution in [2.75, 3.05) is 0 Å². The first-order valence-corrected chi connectivity index (χ1v) is 19.2. The smallest absolute Gasteiger partial charge is 0.00259 e. The molecular weight excluding hydrogens is 661 g/mol. The molecule has 0 heterocycles. The number of aryl methyl sites for hydroxylation is 1. The van der Waals surface area contributed by atoms with Gasteiger partial charge in [-0.05, 0) is 134 Å². The molecule has 0 aliphatic heterocycles. The second-order valence-corrected chi connectivity index (χ2v) is 14.9. The van der Waals surface area contributed by atoms with Crippen molar-refractivity contribution in [1.29, 1.82) is 0 Å². The van der Waals surface area contributed by atoms with E-state index >= 15 is 0 Å². The van der Waals surface area contributed by atoms with Crippen LogP contribution in [0.5, 0.6) is 0 Å². The van der Waals surface area contributed by atoms with Gasteiger partial charge in [-0.3, -0.25) is 0 Å². The van der Waals surface area contributed by atoms with Gasteiger partial charge in [-0.25, -0.2) is 0 Å². The van der Waals surface area contributed by atoms with Gasteiger partial charge in [0.25, 0.3) is 0 Å². The summed E-state index contributed by atoms with van der Waals surface area (Å²) in [6, 6.07) is 74.4. The van der Waals surface area contributed by atoms with Gasteiger partial charge in [0, 0.05) is 0 Å². The van der Waals surface area contributed by atoms with E-state index in [2.05, 4.69) is 207 Å². The maximum atomic E-state index is 2.48.